The first-order chi connectivity index (χ1) is 10.1. The number of rotatable bonds is 3. The molecule has 0 saturated carbocycles. The highest BCUT2D eigenvalue weighted by molar-refractivity contribution is 9.10. The largest absolute Gasteiger partial charge is 0.256 e. The average Bonchev–Trinajstić information content (AvgIpc) is 2.47. The number of aromatic nitrogens is 3. The number of nitrogens with zero attached hydrogens (tertiary/aromatic N) is 3. The number of fused-ring (bicyclic) bond motifs is 1. The Hall–Kier alpha value is -1.81. The molecule has 2 heterocycles. The molecular weight excluding hydrogens is 326 g/mol. The summed E-state index contributed by atoms with van der Waals surface area (Å²) in [5.41, 5.74) is 3.28. The van der Waals surface area contributed by atoms with E-state index in [0.717, 1.165) is 28.1 Å². The molecule has 0 aliphatic carbocycles. The van der Waals surface area contributed by atoms with Crippen molar-refractivity contribution in [1.82, 2.24) is 15.0 Å². The molecule has 0 fully saturated rings. The van der Waals surface area contributed by atoms with Crippen LogP contribution in [-0.2, 0) is 6.42 Å². The van der Waals surface area contributed by atoms with E-state index in [1.807, 2.05) is 30.5 Å². The molecular formula is C17H16BrN3. The van der Waals surface area contributed by atoms with Crippen LogP contribution in [0.5, 0.6) is 0 Å². The molecule has 3 nitrogen and oxygen atoms in total. The molecule has 106 valence electrons. The summed E-state index contributed by atoms with van der Waals surface area (Å²) >= 11 is 3.48. The van der Waals surface area contributed by atoms with Gasteiger partial charge in [0.25, 0.3) is 0 Å². The topological polar surface area (TPSA) is 38.7 Å². The van der Waals surface area contributed by atoms with Gasteiger partial charge in [-0.05, 0) is 39.7 Å². The quantitative estimate of drug-likeness (QED) is 0.658. The highest BCUT2D eigenvalue weighted by Crippen LogP contribution is 2.21. The number of halogens is 1. The monoisotopic (exact) mass is 341 g/mol. The third-order valence-corrected chi connectivity index (χ3v) is 3.80. The Kier molecular flexibility index (Phi) is 3.97. The van der Waals surface area contributed by atoms with Crippen molar-refractivity contribution in [3.05, 3.63) is 64.3 Å². The molecule has 0 aliphatic heterocycles. The second-order valence-corrected chi connectivity index (χ2v) is 6.17. The summed E-state index contributed by atoms with van der Waals surface area (Å²) in [4.78, 5) is 13.5. The lowest BCUT2D eigenvalue weighted by Gasteiger charge is -2.09. The summed E-state index contributed by atoms with van der Waals surface area (Å²) in [6.45, 7) is 4.21. The van der Waals surface area contributed by atoms with E-state index < -0.39 is 0 Å². The summed E-state index contributed by atoms with van der Waals surface area (Å²) in [5.74, 6) is 1.19. The number of hydrogen-bond acceptors (Lipinski definition) is 3. The van der Waals surface area contributed by atoms with Crippen LogP contribution in [0.25, 0.3) is 10.9 Å². The molecule has 3 rings (SSSR count). The van der Waals surface area contributed by atoms with Gasteiger partial charge < -0.3 is 0 Å². The van der Waals surface area contributed by atoms with E-state index in [4.69, 9.17) is 0 Å². The Morgan fingerprint density at radius 2 is 1.90 bits per heavy atom. The molecule has 0 amide bonds. The van der Waals surface area contributed by atoms with Crippen molar-refractivity contribution >= 4 is 26.8 Å². The lowest BCUT2D eigenvalue weighted by Crippen LogP contribution is -2.03. The van der Waals surface area contributed by atoms with Crippen LogP contribution in [0.15, 0.2) is 47.2 Å². The Balaban J connectivity index is 2.03. The third-order valence-electron chi connectivity index (χ3n) is 3.39. The molecule has 0 atom stereocenters. The minimum atomic E-state index is 0.315. The van der Waals surface area contributed by atoms with Crippen molar-refractivity contribution in [2.75, 3.05) is 0 Å². The van der Waals surface area contributed by atoms with Crippen LogP contribution in [0.3, 0.4) is 0 Å². The second-order valence-electron chi connectivity index (χ2n) is 5.36. The fourth-order valence-corrected chi connectivity index (χ4v) is 2.78. The van der Waals surface area contributed by atoms with Crippen molar-refractivity contribution < 1.29 is 0 Å². The molecule has 21 heavy (non-hydrogen) atoms. The van der Waals surface area contributed by atoms with E-state index in [0.29, 0.717) is 5.92 Å². The minimum absolute atomic E-state index is 0.315. The summed E-state index contributed by atoms with van der Waals surface area (Å²) in [6, 6.07) is 12.3. The van der Waals surface area contributed by atoms with Crippen LogP contribution in [0.1, 0.15) is 36.8 Å². The van der Waals surface area contributed by atoms with Crippen LogP contribution < -0.4 is 0 Å². The Labute approximate surface area is 132 Å². The zero-order chi connectivity index (χ0) is 14.8. The van der Waals surface area contributed by atoms with Crippen molar-refractivity contribution in [1.29, 1.82) is 0 Å². The molecule has 3 aromatic rings. The van der Waals surface area contributed by atoms with Gasteiger partial charge in [-0.2, -0.15) is 0 Å². The fourth-order valence-electron chi connectivity index (χ4n) is 2.34. The molecule has 0 aliphatic rings. The van der Waals surface area contributed by atoms with Crippen molar-refractivity contribution in [3.8, 4) is 0 Å². The fraction of sp³-hybridized carbons (Fsp3) is 0.235. The zero-order valence-electron chi connectivity index (χ0n) is 12.0. The summed E-state index contributed by atoms with van der Waals surface area (Å²) in [7, 11) is 0. The SMILES string of the molecule is CC(C)c1nc(Br)cc(Cc2ccnc3ccccc23)n1. The van der Waals surface area contributed by atoms with Gasteiger partial charge in [-0.1, -0.05) is 32.0 Å². The van der Waals surface area contributed by atoms with Gasteiger partial charge in [0.15, 0.2) is 0 Å². The molecule has 1 aromatic carbocycles. The molecule has 0 spiro atoms. The standard InChI is InChI=1S/C17H16BrN3/c1-11(2)17-20-13(10-16(18)21-17)9-12-7-8-19-15-6-4-3-5-14(12)15/h3-8,10-11H,9H2,1-2H3. The van der Waals surface area contributed by atoms with Crippen molar-refractivity contribution in [2.24, 2.45) is 0 Å². The van der Waals surface area contributed by atoms with Gasteiger partial charge in [0, 0.05) is 29.6 Å². The molecule has 4 heteroatoms. The molecule has 0 saturated heterocycles. The van der Waals surface area contributed by atoms with Crippen molar-refractivity contribution in [3.63, 3.8) is 0 Å². The number of pyridine rings is 1. The van der Waals surface area contributed by atoms with E-state index in [-0.39, 0.29) is 0 Å². The van der Waals surface area contributed by atoms with Crippen LogP contribution >= 0.6 is 15.9 Å². The lowest BCUT2D eigenvalue weighted by atomic mass is 10.0. The molecule has 0 N–H and O–H groups in total. The maximum atomic E-state index is 4.67. The van der Waals surface area contributed by atoms with E-state index in [9.17, 15) is 0 Å². The van der Waals surface area contributed by atoms with E-state index in [1.165, 1.54) is 10.9 Å². The first-order valence-corrected chi connectivity index (χ1v) is 7.79. The normalized spacial score (nSPS) is 11.2. The molecule has 2 aromatic heterocycles. The summed E-state index contributed by atoms with van der Waals surface area (Å²) in [5, 5.41) is 1.18. The van der Waals surface area contributed by atoms with Gasteiger partial charge in [-0.15, -0.1) is 0 Å². The Morgan fingerprint density at radius 3 is 2.71 bits per heavy atom. The maximum Gasteiger partial charge on any atom is 0.132 e. The Morgan fingerprint density at radius 1 is 1.10 bits per heavy atom. The van der Waals surface area contributed by atoms with Crippen LogP contribution in [-0.4, -0.2) is 15.0 Å². The second kappa shape index (κ2) is 5.90. The highest BCUT2D eigenvalue weighted by atomic mass is 79.9. The van der Waals surface area contributed by atoms with E-state index >= 15 is 0 Å². The van der Waals surface area contributed by atoms with Gasteiger partial charge in [0.2, 0.25) is 0 Å². The molecule has 0 radical (unpaired) electrons. The van der Waals surface area contributed by atoms with Gasteiger partial charge in [-0.25, -0.2) is 9.97 Å². The van der Waals surface area contributed by atoms with Crippen LogP contribution in [0.4, 0.5) is 0 Å². The lowest BCUT2D eigenvalue weighted by molar-refractivity contribution is 0.756. The predicted octanol–water partition coefficient (Wildman–Crippen LogP) is 4.50. The first kappa shape index (κ1) is 14.1. The van der Waals surface area contributed by atoms with Crippen LogP contribution in [0.2, 0.25) is 0 Å². The third kappa shape index (κ3) is 3.10. The number of para-hydroxylation sites is 1. The number of hydrogen-bond donors (Lipinski definition) is 0. The van der Waals surface area contributed by atoms with E-state index in [1.54, 1.807) is 0 Å². The van der Waals surface area contributed by atoms with Crippen LogP contribution in [0, 0.1) is 0 Å². The van der Waals surface area contributed by atoms with Gasteiger partial charge in [0.1, 0.15) is 10.4 Å². The average molecular weight is 342 g/mol. The number of benzene rings is 1. The van der Waals surface area contributed by atoms with Gasteiger partial charge in [0.05, 0.1) is 5.52 Å². The van der Waals surface area contributed by atoms with Gasteiger partial charge >= 0.3 is 0 Å². The highest BCUT2D eigenvalue weighted by Gasteiger charge is 2.09. The zero-order valence-corrected chi connectivity index (χ0v) is 13.6. The smallest absolute Gasteiger partial charge is 0.132 e. The first-order valence-electron chi connectivity index (χ1n) is 6.99. The predicted molar refractivity (Wildman–Crippen MR) is 88.4 cm³/mol. The van der Waals surface area contributed by atoms with Crippen molar-refractivity contribution in [2.45, 2.75) is 26.2 Å². The van der Waals surface area contributed by atoms with E-state index in [2.05, 4.69) is 56.9 Å². The maximum absolute atomic E-state index is 4.67. The Bertz CT molecular complexity index is 779. The molecule has 0 bridgehead atoms. The van der Waals surface area contributed by atoms with Gasteiger partial charge in [-0.3, -0.25) is 4.98 Å². The minimum Gasteiger partial charge on any atom is -0.256 e. The summed E-state index contributed by atoms with van der Waals surface area (Å²) in [6.07, 6.45) is 2.64. The summed E-state index contributed by atoms with van der Waals surface area (Å²) < 4.78 is 0.842. The molecule has 0 unspecified atom stereocenters.